The molecule has 0 saturated heterocycles. The fourth-order valence-corrected chi connectivity index (χ4v) is 4.44. The Kier molecular flexibility index (Phi) is 9.60. The first kappa shape index (κ1) is 28.1. The van der Waals surface area contributed by atoms with E-state index in [-0.39, 0.29) is 30.3 Å². The Morgan fingerprint density at radius 2 is 1.92 bits per heavy atom. The molecule has 0 spiro atoms. The minimum absolute atomic E-state index is 0.0122. The van der Waals surface area contributed by atoms with E-state index in [1.54, 1.807) is 13.8 Å². The van der Waals surface area contributed by atoms with Crippen LogP contribution in [-0.2, 0) is 16.2 Å². The highest BCUT2D eigenvalue weighted by molar-refractivity contribution is 8.01. The van der Waals surface area contributed by atoms with Crippen molar-refractivity contribution < 1.29 is 28.6 Å². The van der Waals surface area contributed by atoms with E-state index in [1.165, 1.54) is 30.0 Å². The van der Waals surface area contributed by atoms with Crippen molar-refractivity contribution in [2.24, 2.45) is 10.1 Å². The second-order valence-electron chi connectivity index (χ2n) is 8.90. The molecular formula is C27H29F2N3O4S. The number of nitrogens with zero attached hydrogens (tertiary/aromatic N) is 3. The van der Waals surface area contributed by atoms with Gasteiger partial charge in [0.25, 0.3) is 0 Å². The summed E-state index contributed by atoms with van der Waals surface area (Å²) in [6.45, 7) is 8.11. The first-order valence-electron chi connectivity index (χ1n) is 11.5. The van der Waals surface area contributed by atoms with Crippen molar-refractivity contribution in [3.63, 3.8) is 0 Å². The molecule has 0 atom stereocenters. The van der Waals surface area contributed by atoms with Gasteiger partial charge in [0, 0.05) is 36.2 Å². The number of aliphatic imine (C=N–C) groups is 1. The summed E-state index contributed by atoms with van der Waals surface area (Å²) in [5, 5.41) is 23.6. The van der Waals surface area contributed by atoms with Crippen LogP contribution in [0.3, 0.4) is 0 Å². The minimum Gasteiger partial charge on any atom is -0.511 e. The van der Waals surface area contributed by atoms with Crippen molar-refractivity contribution in [1.29, 1.82) is 0 Å². The number of allylic oxidation sites excluding steroid dienone is 2. The predicted octanol–water partition coefficient (Wildman–Crippen LogP) is 5.57. The normalized spacial score (nSPS) is 14.5. The molecule has 0 unspecified atom stereocenters. The van der Waals surface area contributed by atoms with Crippen molar-refractivity contribution in [2.75, 3.05) is 19.7 Å². The molecular weight excluding hydrogens is 500 g/mol. The summed E-state index contributed by atoms with van der Waals surface area (Å²) >= 11 is 1.26. The molecule has 2 aromatic carbocycles. The van der Waals surface area contributed by atoms with Gasteiger partial charge in [0.05, 0.1) is 12.1 Å². The van der Waals surface area contributed by atoms with Crippen LogP contribution >= 0.6 is 11.8 Å². The molecule has 196 valence electrons. The highest BCUT2D eigenvalue weighted by Gasteiger charge is 2.28. The zero-order valence-corrected chi connectivity index (χ0v) is 21.5. The SMILES string of the molecule is C=C/C=C(\O)CN(CC1=NC(c2ccc(F)cc2F)=NOCC1)Cc1ccc(SC(C)(C)C(=O)O)cc1. The van der Waals surface area contributed by atoms with Gasteiger partial charge in [0.2, 0.25) is 5.84 Å². The van der Waals surface area contributed by atoms with Crippen LogP contribution in [-0.4, -0.2) is 57.1 Å². The first-order chi connectivity index (χ1) is 17.6. The second kappa shape index (κ2) is 12.6. The van der Waals surface area contributed by atoms with E-state index in [0.717, 1.165) is 22.6 Å². The first-order valence-corrected chi connectivity index (χ1v) is 12.3. The average Bonchev–Trinajstić information content (AvgIpc) is 3.05. The van der Waals surface area contributed by atoms with Gasteiger partial charge in [-0.3, -0.25) is 9.69 Å². The number of benzene rings is 2. The molecule has 10 heteroatoms. The quantitative estimate of drug-likeness (QED) is 0.224. The Morgan fingerprint density at radius 3 is 2.57 bits per heavy atom. The fourth-order valence-electron chi connectivity index (χ4n) is 3.49. The summed E-state index contributed by atoms with van der Waals surface area (Å²) < 4.78 is 26.7. The molecule has 1 aliphatic rings. The van der Waals surface area contributed by atoms with Gasteiger partial charge in [0.15, 0.2) is 0 Å². The number of aliphatic hydroxyl groups is 1. The number of hydrogen-bond donors (Lipinski definition) is 2. The van der Waals surface area contributed by atoms with E-state index in [1.807, 2.05) is 29.2 Å². The fraction of sp³-hybridized carbons (Fsp3) is 0.296. The maximum absolute atomic E-state index is 14.3. The average molecular weight is 530 g/mol. The Morgan fingerprint density at radius 1 is 1.19 bits per heavy atom. The monoisotopic (exact) mass is 529 g/mol. The van der Waals surface area contributed by atoms with E-state index < -0.39 is 22.4 Å². The van der Waals surface area contributed by atoms with Gasteiger partial charge in [-0.25, -0.2) is 13.8 Å². The van der Waals surface area contributed by atoms with Crippen molar-refractivity contribution in [2.45, 2.75) is 36.5 Å². The zero-order valence-electron chi connectivity index (χ0n) is 20.7. The molecule has 1 heterocycles. The number of oxime groups is 1. The maximum atomic E-state index is 14.3. The van der Waals surface area contributed by atoms with Crippen LogP contribution in [0.2, 0.25) is 0 Å². The molecule has 2 aromatic rings. The molecule has 0 amide bonds. The van der Waals surface area contributed by atoms with Crippen LogP contribution in [0.4, 0.5) is 8.78 Å². The van der Waals surface area contributed by atoms with Crippen molar-refractivity contribution in [3.05, 3.63) is 89.7 Å². The summed E-state index contributed by atoms with van der Waals surface area (Å²) in [4.78, 5) is 23.9. The smallest absolute Gasteiger partial charge is 0.319 e. The number of aliphatic hydroxyl groups excluding tert-OH is 1. The van der Waals surface area contributed by atoms with E-state index in [9.17, 15) is 23.8 Å². The highest BCUT2D eigenvalue weighted by Crippen LogP contribution is 2.32. The number of aliphatic carboxylic acids is 1. The third-order valence-electron chi connectivity index (χ3n) is 5.39. The lowest BCUT2D eigenvalue weighted by Gasteiger charge is -2.23. The number of carboxylic acids is 1. The Bertz CT molecular complexity index is 1230. The van der Waals surface area contributed by atoms with E-state index in [4.69, 9.17) is 4.84 Å². The molecule has 0 saturated carbocycles. The van der Waals surface area contributed by atoms with E-state index >= 15 is 0 Å². The van der Waals surface area contributed by atoms with Crippen molar-refractivity contribution in [3.8, 4) is 0 Å². The molecule has 0 radical (unpaired) electrons. The molecule has 0 fully saturated rings. The summed E-state index contributed by atoms with van der Waals surface area (Å²) in [6.07, 6.45) is 3.42. The number of carboxylic acid groups (broad SMARTS) is 1. The predicted molar refractivity (Wildman–Crippen MR) is 141 cm³/mol. The van der Waals surface area contributed by atoms with Gasteiger partial charge in [-0.05, 0) is 49.8 Å². The van der Waals surface area contributed by atoms with Gasteiger partial charge in [-0.2, -0.15) is 0 Å². The zero-order chi connectivity index (χ0) is 27.0. The molecule has 7 nitrogen and oxygen atoms in total. The molecule has 0 aliphatic carbocycles. The summed E-state index contributed by atoms with van der Waals surface area (Å²) in [7, 11) is 0. The van der Waals surface area contributed by atoms with Gasteiger partial charge < -0.3 is 15.1 Å². The molecule has 3 rings (SSSR count). The number of amidine groups is 1. The number of rotatable bonds is 11. The van der Waals surface area contributed by atoms with Gasteiger partial charge in [0.1, 0.15) is 28.7 Å². The molecule has 0 bridgehead atoms. The van der Waals surface area contributed by atoms with Crippen LogP contribution in [0.15, 0.2) is 82.0 Å². The van der Waals surface area contributed by atoms with E-state index in [0.29, 0.717) is 25.2 Å². The lowest BCUT2D eigenvalue weighted by atomic mass is 10.1. The lowest BCUT2D eigenvalue weighted by molar-refractivity contribution is -0.138. The number of halogens is 2. The van der Waals surface area contributed by atoms with Crippen LogP contribution in [0.1, 0.15) is 31.4 Å². The third-order valence-corrected chi connectivity index (χ3v) is 6.58. The number of carbonyl (C=O) groups is 1. The number of hydrogen-bond acceptors (Lipinski definition) is 7. The minimum atomic E-state index is -0.961. The van der Waals surface area contributed by atoms with Crippen molar-refractivity contribution >= 4 is 29.3 Å². The Balaban J connectivity index is 1.81. The molecule has 1 aliphatic heterocycles. The Hall–Kier alpha value is -3.50. The van der Waals surface area contributed by atoms with Crippen LogP contribution in [0.5, 0.6) is 0 Å². The van der Waals surface area contributed by atoms with Crippen LogP contribution in [0.25, 0.3) is 0 Å². The lowest BCUT2D eigenvalue weighted by Crippen LogP contribution is -2.32. The van der Waals surface area contributed by atoms with Gasteiger partial charge in [-0.15, -0.1) is 11.8 Å². The van der Waals surface area contributed by atoms with Crippen LogP contribution < -0.4 is 0 Å². The second-order valence-corrected chi connectivity index (χ2v) is 10.6. The standard InChI is InChI=1S/C27H29F2N3O4S/c1-4-5-21(33)17-32(15-18-6-9-22(10-7-18)37-27(2,3)26(34)35)16-20-12-13-36-31-25(30-20)23-11-8-19(28)14-24(23)29/h4-11,14,33H,1,12-13,15-17H2,2-3H3,(H,34,35)/b21-5-. The number of thioether (sulfide) groups is 1. The topological polar surface area (TPSA) is 94.7 Å². The molecule has 0 aromatic heterocycles. The molecule has 2 N–H and O–H groups in total. The summed E-state index contributed by atoms with van der Waals surface area (Å²) in [5.74, 6) is -2.27. The summed E-state index contributed by atoms with van der Waals surface area (Å²) in [6, 6.07) is 10.7. The van der Waals surface area contributed by atoms with Crippen LogP contribution in [0, 0.1) is 11.6 Å². The highest BCUT2D eigenvalue weighted by atomic mass is 32.2. The van der Waals surface area contributed by atoms with E-state index in [2.05, 4.69) is 16.7 Å². The third kappa shape index (κ3) is 8.26. The van der Waals surface area contributed by atoms with Gasteiger partial charge in [-0.1, -0.05) is 29.9 Å². The Labute approximate surface area is 218 Å². The maximum Gasteiger partial charge on any atom is 0.319 e. The summed E-state index contributed by atoms with van der Waals surface area (Å²) in [5.41, 5.74) is 1.62. The molecule has 37 heavy (non-hydrogen) atoms. The van der Waals surface area contributed by atoms with Gasteiger partial charge >= 0.3 is 5.97 Å². The van der Waals surface area contributed by atoms with Crippen molar-refractivity contribution in [1.82, 2.24) is 4.90 Å². The largest absolute Gasteiger partial charge is 0.511 e.